The molecule has 0 heterocycles. The average Bonchev–Trinajstić information content (AvgIpc) is 2.07. The number of nitrogen functional groups attached to an aromatic ring is 1. The van der Waals surface area contributed by atoms with E-state index in [0.717, 1.165) is 0 Å². The van der Waals surface area contributed by atoms with Gasteiger partial charge < -0.3 is 10.5 Å². The standard InChI is InChI=1S/C8H12N2O3S/c1-13-5-6-2-3-7(9)4-8(6)14(10,11)12/h2-4H,5,9H2,1H3,(H2,10,11,12). The van der Waals surface area contributed by atoms with Gasteiger partial charge in [0.1, 0.15) is 0 Å². The molecule has 14 heavy (non-hydrogen) atoms. The SMILES string of the molecule is COCc1ccc(N)cc1S(N)(=O)=O. The van der Waals surface area contributed by atoms with Crippen LogP contribution in [0.2, 0.25) is 0 Å². The van der Waals surface area contributed by atoms with Crippen molar-refractivity contribution in [3.63, 3.8) is 0 Å². The number of sulfonamides is 1. The summed E-state index contributed by atoms with van der Waals surface area (Å²) < 4.78 is 27.1. The molecule has 5 nitrogen and oxygen atoms in total. The van der Waals surface area contributed by atoms with E-state index in [1.54, 1.807) is 12.1 Å². The molecule has 4 N–H and O–H groups in total. The molecule has 0 amide bonds. The van der Waals surface area contributed by atoms with Crippen LogP contribution in [-0.2, 0) is 21.4 Å². The van der Waals surface area contributed by atoms with E-state index in [1.165, 1.54) is 13.2 Å². The third-order valence-electron chi connectivity index (χ3n) is 1.70. The van der Waals surface area contributed by atoms with Crippen LogP contribution >= 0.6 is 0 Å². The van der Waals surface area contributed by atoms with Crippen molar-refractivity contribution >= 4 is 15.7 Å². The maximum atomic E-state index is 11.1. The lowest BCUT2D eigenvalue weighted by Gasteiger charge is -2.07. The summed E-state index contributed by atoms with van der Waals surface area (Å²) in [6, 6.07) is 4.51. The lowest BCUT2D eigenvalue weighted by molar-refractivity contribution is 0.182. The van der Waals surface area contributed by atoms with E-state index < -0.39 is 10.0 Å². The molecule has 0 atom stereocenters. The van der Waals surface area contributed by atoms with Crippen molar-refractivity contribution in [2.75, 3.05) is 12.8 Å². The predicted molar refractivity (Wildman–Crippen MR) is 52.9 cm³/mol. The highest BCUT2D eigenvalue weighted by Crippen LogP contribution is 2.18. The van der Waals surface area contributed by atoms with Gasteiger partial charge in [-0.1, -0.05) is 6.07 Å². The zero-order valence-corrected chi connectivity index (χ0v) is 8.54. The maximum absolute atomic E-state index is 11.1. The molecule has 0 radical (unpaired) electrons. The van der Waals surface area contributed by atoms with Crippen molar-refractivity contribution in [1.29, 1.82) is 0 Å². The normalized spacial score (nSPS) is 11.6. The van der Waals surface area contributed by atoms with Gasteiger partial charge in [0.25, 0.3) is 0 Å². The fourth-order valence-electron chi connectivity index (χ4n) is 1.11. The monoisotopic (exact) mass is 216 g/mol. The van der Waals surface area contributed by atoms with Crippen LogP contribution in [0.25, 0.3) is 0 Å². The predicted octanol–water partition coefficient (Wildman–Crippen LogP) is 0.0626. The quantitative estimate of drug-likeness (QED) is 0.698. The highest BCUT2D eigenvalue weighted by molar-refractivity contribution is 7.89. The van der Waals surface area contributed by atoms with Gasteiger partial charge in [0.2, 0.25) is 10.0 Å². The van der Waals surface area contributed by atoms with Gasteiger partial charge in [-0.25, -0.2) is 13.6 Å². The van der Waals surface area contributed by atoms with Gasteiger partial charge in [-0.15, -0.1) is 0 Å². The van der Waals surface area contributed by atoms with Crippen LogP contribution in [0.4, 0.5) is 5.69 Å². The Bertz CT molecular complexity index is 428. The summed E-state index contributed by atoms with van der Waals surface area (Å²) in [4.78, 5) is 0.0133. The fourth-order valence-corrected chi connectivity index (χ4v) is 1.90. The number of nitrogens with two attached hydrogens (primary N) is 2. The summed E-state index contributed by atoms with van der Waals surface area (Å²) in [5.74, 6) is 0. The Labute approximate surface area is 82.7 Å². The second-order valence-corrected chi connectivity index (χ2v) is 4.38. The molecule has 0 aliphatic heterocycles. The first-order valence-corrected chi connectivity index (χ1v) is 5.40. The minimum absolute atomic E-state index is 0.0133. The third-order valence-corrected chi connectivity index (χ3v) is 2.69. The number of benzene rings is 1. The molecule has 1 aromatic rings. The second kappa shape index (κ2) is 3.95. The van der Waals surface area contributed by atoms with Crippen LogP contribution < -0.4 is 10.9 Å². The van der Waals surface area contributed by atoms with Crippen molar-refractivity contribution in [1.82, 2.24) is 0 Å². The number of hydrogen-bond acceptors (Lipinski definition) is 4. The first-order chi connectivity index (χ1) is 6.45. The summed E-state index contributed by atoms with van der Waals surface area (Å²) in [7, 11) is -2.26. The van der Waals surface area contributed by atoms with E-state index in [0.29, 0.717) is 11.3 Å². The molecule has 0 saturated carbocycles. The van der Waals surface area contributed by atoms with Crippen molar-refractivity contribution in [2.45, 2.75) is 11.5 Å². The molecule has 6 heteroatoms. The van der Waals surface area contributed by atoms with Crippen LogP contribution in [0.3, 0.4) is 0 Å². The smallest absolute Gasteiger partial charge is 0.238 e. The molecule has 0 aliphatic carbocycles. The maximum Gasteiger partial charge on any atom is 0.238 e. The van der Waals surface area contributed by atoms with Crippen molar-refractivity contribution in [3.8, 4) is 0 Å². The molecule has 0 unspecified atom stereocenters. The topological polar surface area (TPSA) is 95.4 Å². The molecule has 0 aliphatic rings. The minimum Gasteiger partial charge on any atom is -0.399 e. The van der Waals surface area contributed by atoms with Gasteiger partial charge in [0, 0.05) is 12.8 Å². The van der Waals surface area contributed by atoms with E-state index in [1.807, 2.05) is 0 Å². The molecule has 0 bridgehead atoms. The van der Waals surface area contributed by atoms with E-state index in [9.17, 15) is 8.42 Å². The largest absolute Gasteiger partial charge is 0.399 e. The molecule has 0 saturated heterocycles. The Hall–Kier alpha value is -1.11. The summed E-state index contributed by atoms with van der Waals surface area (Å²) in [6.07, 6.45) is 0. The summed E-state index contributed by atoms with van der Waals surface area (Å²) in [5, 5.41) is 5.02. The zero-order chi connectivity index (χ0) is 10.8. The first-order valence-electron chi connectivity index (χ1n) is 3.85. The van der Waals surface area contributed by atoms with Gasteiger partial charge in [-0.3, -0.25) is 0 Å². The Kier molecular flexibility index (Phi) is 3.10. The number of hydrogen-bond donors (Lipinski definition) is 2. The number of ether oxygens (including phenoxy) is 1. The van der Waals surface area contributed by atoms with Crippen LogP contribution in [0, 0.1) is 0 Å². The van der Waals surface area contributed by atoms with Crippen molar-refractivity contribution in [2.24, 2.45) is 5.14 Å². The van der Waals surface area contributed by atoms with Gasteiger partial charge in [-0.2, -0.15) is 0 Å². The van der Waals surface area contributed by atoms with Gasteiger partial charge in [-0.05, 0) is 17.7 Å². The lowest BCUT2D eigenvalue weighted by Crippen LogP contribution is -2.15. The first kappa shape index (κ1) is 11.0. The van der Waals surface area contributed by atoms with Crippen LogP contribution in [0.1, 0.15) is 5.56 Å². The highest BCUT2D eigenvalue weighted by Gasteiger charge is 2.13. The molecule has 1 aromatic carbocycles. The summed E-state index contributed by atoms with van der Waals surface area (Å²) in [6.45, 7) is 0.187. The second-order valence-electron chi connectivity index (χ2n) is 2.85. The molecular weight excluding hydrogens is 204 g/mol. The third kappa shape index (κ3) is 2.44. The fraction of sp³-hybridized carbons (Fsp3) is 0.250. The summed E-state index contributed by atoms with van der Waals surface area (Å²) >= 11 is 0. The van der Waals surface area contributed by atoms with Crippen molar-refractivity contribution in [3.05, 3.63) is 23.8 Å². The Balaban J connectivity index is 3.30. The minimum atomic E-state index is -3.74. The summed E-state index contributed by atoms with van der Waals surface area (Å²) in [5.41, 5.74) is 6.32. The number of primary sulfonamides is 1. The van der Waals surface area contributed by atoms with Gasteiger partial charge in [0.15, 0.2) is 0 Å². The van der Waals surface area contributed by atoms with Crippen LogP contribution in [-0.4, -0.2) is 15.5 Å². The molecule has 78 valence electrons. The number of anilines is 1. The molecule has 0 spiro atoms. The van der Waals surface area contributed by atoms with Gasteiger partial charge in [0.05, 0.1) is 11.5 Å². The Morgan fingerprint density at radius 3 is 2.57 bits per heavy atom. The number of rotatable bonds is 3. The van der Waals surface area contributed by atoms with E-state index in [-0.39, 0.29) is 11.5 Å². The molecular formula is C8H12N2O3S. The van der Waals surface area contributed by atoms with Crippen LogP contribution in [0.5, 0.6) is 0 Å². The van der Waals surface area contributed by atoms with Gasteiger partial charge >= 0.3 is 0 Å². The van der Waals surface area contributed by atoms with E-state index >= 15 is 0 Å². The van der Waals surface area contributed by atoms with E-state index in [4.69, 9.17) is 15.6 Å². The van der Waals surface area contributed by atoms with Crippen molar-refractivity contribution < 1.29 is 13.2 Å². The molecule has 0 aromatic heterocycles. The lowest BCUT2D eigenvalue weighted by atomic mass is 10.2. The highest BCUT2D eigenvalue weighted by atomic mass is 32.2. The van der Waals surface area contributed by atoms with Crippen LogP contribution in [0.15, 0.2) is 23.1 Å². The van der Waals surface area contributed by atoms with E-state index in [2.05, 4.69) is 0 Å². The molecule has 1 rings (SSSR count). The zero-order valence-electron chi connectivity index (χ0n) is 7.73. The Morgan fingerprint density at radius 2 is 2.07 bits per heavy atom. The average molecular weight is 216 g/mol. The molecule has 0 fully saturated rings. The Morgan fingerprint density at radius 1 is 1.43 bits per heavy atom. The number of methoxy groups -OCH3 is 1.